The van der Waals surface area contributed by atoms with Crippen molar-refractivity contribution >= 4 is 10.9 Å². The van der Waals surface area contributed by atoms with Crippen LogP contribution in [0.15, 0.2) is 66.7 Å². The molecule has 0 radical (unpaired) electrons. The summed E-state index contributed by atoms with van der Waals surface area (Å²) in [6.45, 7) is 4.59. The first-order chi connectivity index (χ1) is 15.3. The summed E-state index contributed by atoms with van der Waals surface area (Å²) in [5.41, 5.74) is 2.09. The second-order valence-corrected chi connectivity index (χ2v) is 8.39. The summed E-state index contributed by atoms with van der Waals surface area (Å²) in [6, 6.07) is 17.8. The Labute approximate surface area is 185 Å². The molecular weight excluding hydrogens is 415 g/mol. The van der Waals surface area contributed by atoms with Crippen molar-refractivity contribution in [3.63, 3.8) is 0 Å². The molecule has 4 aromatic rings. The van der Waals surface area contributed by atoms with Crippen LogP contribution in [0.3, 0.4) is 0 Å². The molecule has 3 aromatic carbocycles. The Bertz CT molecular complexity index is 1250. The van der Waals surface area contributed by atoms with Gasteiger partial charge in [-0.05, 0) is 29.8 Å². The van der Waals surface area contributed by atoms with Gasteiger partial charge in [0.15, 0.2) is 11.6 Å². The van der Waals surface area contributed by atoms with Crippen molar-refractivity contribution in [2.45, 2.75) is 25.9 Å². The smallest absolute Gasteiger partial charge is 0.160 e. The Morgan fingerprint density at radius 1 is 0.875 bits per heavy atom. The first kappa shape index (κ1) is 22.0. The van der Waals surface area contributed by atoms with E-state index in [-0.39, 0.29) is 6.61 Å². The van der Waals surface area contributed by atoms with Crippen LogP contribution in [0, 0.1) is 17.5 Å². The highest BCUT2D eigenvalue weighted by molar-refractivity contribution is 5.89. The maximum Gasteiger partial charge on any atom is 0.160 e. The fraction of sp³-hybridized carbons (Fsp3) is 0.231. The molecule has 0 aliphatic heterocycles. The zero-order valence-corrected chi connectivity index (χ0v) is 18.2. The molecule has 1 aromatic heterocycles. The van der Waals surface area contributed by atoms with Gasteiger partial charge in [0.2, 0.25) is 0 Å². The van der Waals surface area contributed by atoms with Gasteiger partial charge in [0.1, 0.15) is 18.2 Å². The number of ether oxygens (including phenoxy) is 2. The van der Waals surface area contributed by atoms with Crippen molar-refractivity contribution in [3.05, 3.63) is 95.4 Å². The van der Waals surface area contributed by atoms with Gasteiger partial charge >= 0.3 is 0 Å². The van der Waals surface area contributed by atoms with E-state index in [9.17, 15) is 13.2 Å². The molecule has 0 aliphatic rings. The molecule has 4 rings (SSSR count). The van der Waals surface area contributed by atoms with E-state index in [0.29, 0.717) is 28.9 Å². The zero-order valence-electron chi connectivity index (χ0n) is 18.2. The minimum atomic E-state index is -0.975. The fourth-order valence-electron chi connectivity index (χ4n) is 3.93. The average Bonchev–Trinajstić information content (AvgIpc) is 3.15. The van der Waals surface area contributed by atoms with Crippen molar-refractivity contribution in [2.75, 3.05) is 13.7 Å². The van der Waals surface area contributed by atoms with Gasteiger partial charge in [0.05, 0.1) is 12.1 Å². The number of hydrogen-bond donors (Lipinski definition) is 0. The quantitative estimate of drug-likeness (QED) is 0.326. The molecule has 0 fully saturated rings. The van der Waals surface area contributed by atoms with Crippen LogP contribution in [-0.4, -0.2) is 18.3 Å². The summed E-state index contributed by atoms with van der Waals surface area (Å²) in [5.74, 6) is -2.03. The van der Waals surface area contributed by atoms with Crippen molar-refractivity contribution in [1.29, 1.82) is 0 Å². The van der Waals surface area contributed by atoms with Gasteiger partial charge in [-0.15, -0.1) is 0 Å². The second-order valence-electron chi connectivity index (χ2n) is 8.39. The summed E-state index contributed by atoms with van der Waals surface area (Å²) in [6.07, 6.45) is 0. The van der Waals surface area contributed by atoms with Crippen molar-refractivity contribution in [1.82, 2.24) is 4.57 Å². The molecule has 6 heteroatoms. The fourth-order valence-corrected chi connectivity index (χ4v) is 3.93. The third-order valence-corrected chi connectivity index (χ3v) is 5.44. The number of halogens is 3. The highest BCUT2D eigenvalue weighted by atomic mass is 19.2. The van der Waals surface area contributed by atoms with E-state index < -0.39 is 22.9 Å². The van der Waals surface area contributed by atoms with Crippen LogP contribution in [-0.2, 0) is 16.8 Å². The summed E-state index contributed by atoms with van der Waals surface area (Å²) in [7, 11) is 1.60. The van der Waals surface area contributed by atoms with Crippen molar-refractivity contribution in [2.24, 2.45) is 0 Å². The van der Waals surface area contributed by atoms with Gasteiger partial charge in [-0.25, -0.2) is 13.2 Å². The average molecular weight is 439 g/mol. The standard InChI is InChI=1S/C26H24F3NO2/c1-26(2,16-31-3)25-14-20-23(30(25)19-9-10-21(28)22(29)13-19)11-18(27)12-24(20)32-15-17-7-5-4-6-8-17/h4-14H,15-16H2,1-3H3. The van der Waals surface area contributed by atoms with E-state index in [0.717, 1.165) is 23.4 Å². The van der Waals surface area contributed by atoms with E-state index in [1.165, 1.54) is 18.2 Å². The number of methoxy groups -OCH3 is 1. The Hall–Kier alpha value is -3.25. The number of nitrogens with zero attached hydrogens (tertiary/aromatic N) is 1. The molecular formula is C26H24F3NO2. The molecule has 0 saturated heterocycles. The number of rotatable bonds is 7. The maximum absolute atomic E-state index is 14.7. The lowest BCUT2D eigenvalue weighted by molar-refractivity contribution is 0.144. The second kappa shape index (κ2) is 8.71. The monoisotopic (exact) mass is 439 g/mol. The zero-order chi connectivity index (χ0) is 22.9. The summed E-state index contributed by atoms with van der Waals surface area (Å²) < 4.78 is 55.5. The molecule has 0 amide bonds. The normalized spacial score (nSPS) is 11.8. The van der Waals surface area contributed by atoms with Crippen molar-refractivity contribution in [3.8, 4) is 11.4 Å². The van der Waals surface area contributed by atoms with Crippen LogP contribution < -0.4 is 4.74 Å². The van der Waals surface area contributed by atoms with Gasteiger partial charge in [-0.3, -0.25) is 0 Å². The molecule has 1 heterocycles. The molecule has 32 heavy (non-hydrogen) atoms. The van der Waals surface area contributed by atoms with Crippen LogP contribution in [0.5, 0.6) is 5.75 Å². The highest BCUT2D eigenvalue weighted by Gasteiger charge is 2.28. The molecule has 0 saturated carbocycles. The first-order valence-electron chi connectivity index (χ1n) is 10.3. The van der Waals surface area contributed by atoms with Crippen LogP contribution in [0.2, 0.25) is 0 Å². The molecule has 0 bridgehead atoms. The summed E-state index contributed by atoms with van der Waals surface area (Å²) in [4.78, 5) is 0. The lowest BCUT2D eigenvalue weighted by Gasteiger charge is -2.26. The molecule has 0 spiro atoms. The summed E-state index contributed by atoms with van der Waals surface area (Å²) >= 11 is 0. The predicted molar refractivity (Wildman–Crippen MR) is 119 cm³/mol. The molecule has 166 valence electrons. The lowest BCUT2D eigenvalue weighted by Crippen LogP contribution is -2.26. The largest absolute Gasteiger partial charge is 0.488 e. The third kappa shape index (κ3) is 4.23. The number of aromatic nitrogens is 1. The first-order valence-corrected chi connectivity index (χ1v) is 10.3. The van der Waals surface area contributed by atoms with Gasteiger partial charge < -0.3 is 14.0 Å². The van der Waals surface area contributed by atoms with Crippen LogP contribution in [0.25, 0.3) is 16.6 Å². The van der Waals surface area contributed by atoms with Gasteiger partial charge in [0, 0.05) is 41.4 Å². The number of benzene rings is 3. The number of hydrogen-bond acceptors (Lipinski definition) is 2. The Kier molecular flexibility index (Phi) is 5.98. The number of fused-ring (bicyclic) bond motifs is 1. The van der Waals surface area contributed by atoms with E-state index in [2.05, 4.69) is 0 Å². The van der Waals surface area contributed by atoms with Gasteiger partial charge in [-0.2, -0.15) is 0 Å². The van der Waals surface area contributed by atoms with E-state index >= 15 is 0 Å². The molecule has 0 unspecified atom stereocenters. The minimum Gasteiger partial charge on any atom is -0.488 e. The van der Waals surface area contributed by atoms with Crippen LogP contribution in [0.1, 0.15) is 25.1 Å². The molecule has 0 aliphatic carbocycles. The van der Waals surface area contributed by atoms with Gasteiger partial charge in [0.25, 0.3) is 0 Å². The minimum absolute atomic E-state index is 0.270. The predicted octanol–water partition coefficient (Wildman–Crippen LogP) is 6.55. The molecule has 3 nitrogen and oxygen atoms in total. The van der Waals surface area contributed by atoms with E-state index in [1.54, 1.807) is 11.7 Å². The SMILES string of the molecule is COCC(C)(C)c1cc2c(OCc3ccccc3)cc(F)cc2n1-c1ccc(F)c(F)c1. The molecule has 0 N–H and O–H groups in total. The Morgan fingerprint density at radius 3 is 2.31 bits per heavy atom. The van der Waals surface area contributed by atoms with Gasteiger partial charge in [-0.1, -0.05) is 44.2 Å². The Morgan fingerprint density at radius 2 is 1.62 bits per heavy atom. The topological polar surface area (TPSA) is 23.4 Å². The third-order valence-electron chi connectivity index (χ3n) is 5.44. The van der Waals surface area contributed by atoms with Crippen LogP contribution in [0.4, 0.5) is 13.2 Å². The van der Waals surface area contributed by atoms with Crippen molar-refractivity contribution < 1.29 is 22.6 Å². The van der Waals surface area contributed by atoms with E-state index in [1.807, 2.05) is 50.2 Å². The Balaban J connectivity index is 1.91. The van der Waals surface area contributed by atoms with E-state index in [4.69, 9.17) is 9.47 Å². The molecule has 0 atom stereocenters. The highest BCUT2D eigenvalue weighted by Crippen LogP contribution is 2.38. The summed E-state index contributed by atoms with van der Waals surface area (Å²) in [5, 5.41) is 0.672. The lowest BCUT2D eigenvalue weighted by atomic mass is 9.90. The maximum atomic E-state index is 14.7. The van der Waals surface area contributed by atoms with Crippen LogP contribution >= 0.6 is 0 Å².